The quantitative estimate of drug-likeness (QED) is 0.945. The van der Waals surface area contributed by atoms with E-state index in [4.69, 9.17) is 9.47 Å². The summed E-state index contributed by atoms with van der Waals surface area (Å²) in [5.41, 5.74) is 3.03. The van der Waals surface area contributed by atoms with Gasteiger partial charge in [-0.1, -0.05) is 37.3 Å². The number of carbonyl (C=O) groups is 1. The van der Waals surface area contributed by atoms with Crippen LogP contribution in [0.2, 0.25) is 0 Å². The number of rotatable bonds is 3. The van der Waals surface area contributed by atoms with Gasteiger partial charge >= 0.3 is 0 Å². The fourth-order valence-corrected chi connectivity index (χ4v) is 2.55. The van der Waals surface area contributed by atoms with Crippen LogP contribution in [-0.4, -0.2) is 18.6 Å². The second kappa shape index (κ2) is 6.10. The van der Waals surface area contributed by atoms with Gasteiger partial charge in [0, 0.05) is 5.69 Å². The molecule has 1 aliphatic heterocycles. The summed E-state index contributed by atoms with van der Waals surface area (Å²) in [5.74, 6) is 1.10. The van der Waals surface area contributed by atoms with Crippen LogP contribution >= 0.6 is 0 Å². The highest BCUT2D eigenvalue weighted by Crippen LogP contribution is 2.31. The van der Waals surface area contributed by atoms with E-state index in [9.17, 15) is 4.79 Å². The number of benzene rings is 2. The van der Waals surface area contributed by atoms with Crippen molar-refractivity contribution in [3.05, 3.63) is 53.6 Å². The highest BCUT2D eigenvalue weighted by atomic mass is 16.6. The molecular formula is C18H19NO3. The molecule has 1 N–H and O–H groups in total. The zero-order valence-corrected chi connectivity index (χ0v) is 12.8. The normalized spacial score (nSPS) is 16.2. The van der Waals surface area contributed by atoms with Gasteiger partial charge in [0.1, 0.15) is 6.61 Å². The summed E-state index contributed by atoms with van der Waals surface area (Å²) in [5, 5.41) is 2.99. The van der Waals surface area contributed by atoms with E-state index in [1.165, 1.54) is 0 Å². The van der Waals surface area contributed by atoms with E-state index in [0.29, 0.717) is 11.5 Å². The second-order valence-electron chi connectivity index (χ2n) is 5.32. The van der Waals surface area contributed by atoms with E-state index < -0.39 is 6.10 Å². The van der Waals surface area contributed by atoms with Crippen molar-refractivity contribution in [1.82, 2.24) is 0 Å². The summed E-state index contributed by atoms with van der Waals surface area (Å²) in [4.78, 5) is 12.5. The van der Waals surface area contributed by atoms with Crippen LogP contribution in [0.5, 0.6) is 11.5 Å². The lowest BCUT2D eigenvalue weighted by Gasteiger charge is -2.26. The van der Waals surface area contributed by atoms with Crippen LogP contribution in [0.25, 0.3) is 0 Å². The number of aryl methyl sites for hydroxylation is 2. The minimum Gasteiger partial charge on any atom is -0.485 e. The Morgan fingerprint density at radius 3 is 2.73 bits per heavy atom. The van der Waals surface area contributed by atoms with E-state index in [2.05, 4.69) is 12.2 Å². The zero-order valence-electron chi connectivity index (χ0n) is 12.8. The summed E-state index contributed by atoms with van der Waals surface area (Å²) >= 11 is 0. The number of fused-ring (bicyclic) bond motifs is 1. The first-order valence-corrected chi connectivity index (χ1v) is 7.47. The minimum atomic E-state index is -0.640. The number of hydrogen-bond acceptors (Lipinski definition) is 3. The van der Waals surface area contributed by atoms with Crippen LogP contribution in [0.1, 0.15) is 18.1 Å². The zero-order chi connectivity index (χ0) is 15.5. The highest BCUT2D eigenvalue weighted by Gasteiger charge is 2.27. The van der Waals surface area contributed by atoms with Crippen LogP contribution in [0.15, 0.2) is 42.5 Å². The van der Waals surface area contributed by atoms with E-state index in [1.807, 2.05) is 43.3 Å². The molecule has 4 heteroatoms. The third-order valence-electron chi connectivity index (χ3n) is 3.79. The first-order valence-electron chi connectivity index (χ1n) is 7.47. The molecule has 22 heavy (non-hydrogen) atoms. The van der Waals surface area contributed by atoms with Gasteiger partial charge in [-0.2, -0.15) is 0 Å². The predicted octanol–water partition coefficient (Wildman–Crippen LogP) is 3.34. The molecule has 0 unspecified atom stereocenters. The third-order valence-corrected chi connectivity index (χ3v) is 3.79. The Kier molecular flexibility index (Phi) is 4.00. The average molecular weight is 297 g/mol. The van der Waals surface area contributed by atoms with Gasteiger partial charge in [-0.15, -0.1) is 0 Å². The summed E-state index contributed by atoms with van der Waals surface area (Å²) in [7, 11) is 0. The van der Waals surface area contributed by atoms with Crippen molar-refractivity contribution >= 4 is 11.6 Å². The topological polar surface area (TPSA) is 47.6 Å². The third kappa shape index (κ3) is 2.77. The van der Waals surface area contributed by atoms with Crippen molar-refractivity contribution in [3.63, 3.8) is 0 Å². The first-order chi connectivity index (χ1) is 10.7. The highest BCUT2D eigenvalue weighted by molar-refractivity contribution is 5.96. The molecule has 1 atom stereocenters. The molecule has 0 saturated carbocycles. The fraction of sp³-hybridized carbons (Fsp3) is 0.278. The lowest BCUT2D eigenvalue weighted by Crippen LogP contribution is -2.40. The van der Waals surface area contributed by atoms with Crippen LogP contribution in [0.3, 0.4) is 0 Å². The Morgan fingerprint density at radius 1 is 1.18 bits per heavy atom. The number of para-hydroxylation sites is 3. The van der Waals surface area contributed by atoms with Crippen molar-refractivity contribution in [2.45, 2.75) is 26.4 Å². The maximum Gasteiger partial charge on any atom is 0.269 e. The van der Waals surface area contributed by atoms with Gasteiger partial charge in [-0.05, 0) is 36.6 Å². The number of ether oxygens (including phenoxy) is 2. The molecule has 1 amide bonds. The van der Waals surface area contributed by atoms with Crippen molar-refractivity contribution in [1.29, 1.82) is 0 Å². The van der Waals surface area contributed by atoms with Crippen molar-refractivity contribution in [3.8, 4) is 11.5 Å². The van der Waals surface area contributed by atoms with E-state index in [-0.39, 0.29) is 12.5 Å². The maximum atomic E-state index is 12.5. The molecule has 2 aromatic carbocycles. The Balaban J connectivity index is 1.77. The van der Waals surface area contributed by atoms with E-state index in [0.717, 1.165) is 23.2 Å². The molecule has 2 aromatic rings. The Hall–Kier alpha value is -2.49. The van der Waals surface area contributed by atoms with Crippen molar-refractivity contribution in [2.24, 2.45) is 0 Å². The summed E-state index contributed by atoms with van der Waals surface area (Å²) in [6.07, 6.45) is 0.224. The predicted molar refractivity (Wildman–Crippen MR) is 85.5 cm³/mol. The monoisotopic (exact) mass is 297 g/mol. The molecule has 0 saturated heterocycles. The molecule has 1 aliphatic rings. The van der Waals surface area contributed by atoms with Gasteiger partial charge in [0.25, 0.3) is 5.91 Å². The summed E-state index contributed by atoms with van der Waals surface area (Å²) in [6, 6.07) is 13.4. The Bertz CT molecular complexity index is 696. The molecule has 0 spiro atoms. The van der Waals surface area contributed by atoms with Gasteiger partial charge < -0.3 is 14.8 Å². The van der Waals surface area contributed by atoms with Crippen LogP contribution in [0.4, 0.5) is 5.69 Å². The maximum absolute atomic E-state index is 12.5. The molecule has 0 bridgehead atoms. The molecule has 114 valence electrons. The van der Waals surface area contributed by atoms with Gasteiger partial charge in [0.2, 0.25) is 6.10 Å². The summed E-state index contributed by atoms with van der Waals surface area (Å²) in [6.45, 7) is 4.28. The largest absolute Gasteiger partial charge is 0.485 e. The standard InChI is InChI=1S/C18H19NO3/c1-3-13-8-6-7-12(2)17(13)19-18(20)16-11-21-14-9-4-5-10-15(14)22-16/h4-10,16H,3,11H2,1-2H3,(H,19,20)/t16-/m0/s1. The average Bonchev–Trinajstić information content (AvgIpc) is 2.56. The minimum absolute atomic E-state index is 0.182. The van der Waals surface area contributed by atoms with Crippen molar-refractivity contribution < 1.29 is 14.3 Å². The Morgan fingerprint density at radius 2 is 1.95 bits per heavy atom. The molecule has 1 heterocycles. The summed E-state index contributed by atoms with van der Waals surface area (Å²) < 4.78 is 11.3. The molecular weight excluding hydrogens is 278 g/mol. The lowest BCUT2D eigenvalue weighted by atomic mass is 10.1. The molecule has 0 radical (unpaired) electrons. The van der Waals surface area contributed by atoms with E-state index in [1.54, 1.807) is 6.07 Å². The molecule has 0 aromatic heterocycles. The molecule has 4 nitrogen and oxygen atoms in total. The van der Waals surface area contributed by atoms with Gasteiger partial charge in [-0.25, -0.2) is 0 Å². The smallest absolute Gasteiger partial charge is 0.269 e. The van der Waals surface area contributed by atoms with Gasteiger partial charge in [0.05, 0.1) is 0 Å². The lowest BCUT2D eigenvalue weighted by molar-refractivity contribution is -0.125. The van der Waals surface area contributed by atoms with E-state index >= 15 is 0 Å². The molecule has 0 fully saturated rings. The van der Waals surface area contributed by atoms with Crippen LogP contribution in [-0.2, 0) is 11.2 Å². The van der Waals surface area contributed by atoms with Crippen LogP contribution in [0, 0.1) is 6.92 Å². The molecule has 0 aliphatic carbocycles. The first kappa shape index (κ1) is 14.4. The van der Waals surface area contributed by atoms with Gasteiger partial charge in [-0.3, -0.25) is 4.79 Å². The number of amides is 1. The number of hydrogen-bond donors (Lipinski definition) is 1. The number of anilines is 1. The van der Waals surface area contributed by atoms with Crippen LogP contribution < -0.4 is 14.8 Å². The van der Waals surface area contributed by atoms with Crippen molar-refractivity contribution in [2.75, 3.05) is 11.9 Å². The number of nitrogens with one attached hydrogen (secondary N) is 1. The SMILES string of the molecule is CCc1cccc(C)c1NC(=O)[C@@H]1COc2ccccc2O1. The Labute approximate surface area is 130 Å². The fourth-order valence-electron chi connectivity index (χ4n) is 2.55. The molecule has 3 rings (SSSR count). The second-order valence-corrected chi connectivity index (χ2v) is 5.32. The number of carbonyl (C=O) groups excluding carboxylic acids is 1. The van der Waals surface area contributed by atoms with Gasteiger partial charge in [0.15, 0.2) is 11.5 Å².